The Kier molecular flexibility index (Phi) is 3.93. The summed E-state index contributed by atoms with van der Waals surface area (Å²) < 4.78 is 25.7. The number of aryl methyl sites for hydroxylation is 1. The summed E-state index contributed by atoms with van der Waals surface area (Å²) in [5, 5.41) is 0.708. The summed E-state index contributed by atoms with van der Waals surface area (Å²) in [5.74, 6) is 1.01. The molecule has 33 heavy (non-hydrogen) atoms. The van der Waals surface area contributed by atoms with Crippen molar-refractivity contribution in [2.24, 2.45) is 7.05 Å². The van der Waals surface area contributed by atoms with Crippen LogP contribution in [0.2, 0.25) is 0 Å². The minimum Gasteiger partial charge on any atom is -0.487 e. The van der Waals surface area contributed by atoms with Crippen molar-refractivity contribution in [2.75, 3.05) is 18.0 Å². The topological polar surface area (TPSA) is 65.2 Å². The molecule has 5 heterocycles. The first-order chi connectivity index (χ1) is 16.1. The quantitative estimate of drug-likeness (QED) is 0.463. The van der Waals surface area contributed by atoms with Gasteiger partial charge in [-0.3, -0.25) is 14.1 Å². The number of ether oxygens (including phenoxy) is 1. The molecule has 1 saturated heterocycles. The third-order valence-electron chi connectivity index (χ3n) is 7.60. The highest BCUT2D eigenvalue weighted by Crippen LogP contribution is 2.47. The molecule has 7 nitrogen and oxygen atoms in total. The molecule has 2 fully saturated rings. The second-order valence-electron chi connectivity index (χ2n) is 9.41. The van der Waals surface area contributed by atoms with Crippen LogP contribution in [-0.2, 0) is 7.05 Å². The zero-order valence-electron chi connectivity index (χ0n) is 18.4. The monoisotopic (exact) mass is 445 g/mol. The maximum absolute atomic E-state index is 15.6. The molecule has 2 atom stereocenters. The molecule has 0 N–H and O–H groups in total. The highest BCUT2D eigenvalue weighted by atomic mass is 19.1. The van der Waals surface area contributed by atoms with E-state index in [1.54, 1.807) is 24.0 Å². The molecule has 8 heteroatoms. The maximum Gasteiger partial charge on any atom is 0.329 e. The lowest BCUT2D eigenvalue weighted by Gasteiger charge is -2.22. The molecule has 1 aromatic carbocycles. The van der Waals surface area contributed by atoms with Crippen molar-refractivity contribution in [3.05, 3.63) is 46.9 Å². The summed E-state index contributed by atoms with van der Waals surface area (Å²) in [4.78, 5) is 24.6. The van der Waals surface area contributed by atoms with Gasteiger partial charge < -0.3 is 9.64 Å². The van der Waals surface area contributed by atoms with Gasteiger partial charge in [-0.2, -0.15) is 0 Å². The van der Waals surface area contributed by atoms with Crippen molar-refractivity contribution < 1.29 is 9.13 Å². The molecular weight excluding hydrogens is 421 g/mol. The van der Waals surface area contributed by atoms with Crippen LogP contribution in [-0.4, -0.2) is 38.3 Å². The molecule has 0 bridgehead atoms. The largest absolute Gasteiger partial charge is 0.487 e. The SMILES string of the molecule is Cn1c(=O)n2c3c4c(c(-c5ccc(N6CCCC6)nc5)c(F)cc4ncc31)OC1CCCC12. The molecule has 3 aromatic heterocycles. The standard InChI is InChI=1S/C25H24FN5O2/c1-29-18-13-27-16-11-15(26)21(14-7-8-20(28-12-14)30-9-2-3-10-30)24-22(16)23(18)31(25(29)32)17-5-4-6-19(17)33-24/h7-8,11-13,17,19H,2-6,9-10H2,1H3. The van der Waals surface area contributed by atoms with E-state index in [-0.39, 0.29) is 23.7 Å². The Morgan fingerprint density at radius 2 is 1.94 bits per heavy atom. The van der Waals surface area contributed by atoms with Crippen LogP contribution < -0.4 is 15.3 Å². The van der Waals surface area contributed by atoms with E-state index in [9.17, 15) is 4.79 Å². The number of imidazole rings is 1. The summed E-state index contributed by atoms with van der Waals surface area (Å²) in [5.41, 5.74) is 3.03. The zero-order chi connectivity index (χ0) is 22.3. The first kappa shape index (κ1) is 19.1. The number of hydrogen-bond donors (Lipinski definition) is 0. The minimum absolute atomic E-state index is 0.0641. The van der Waals surface area contributed by atoms with E-state index in [0.717, 1.165) is 49.2 Å². The van der Waals surface area contributed by atoms with Crippen molar-refractivity contribution >= 4 is 27.8 Å². The molecule has 1 aliphatic carbocycles. The Labute approximate surface area is 189 Å². The Morgan fingerprint density at radius 3 is 2.73 bits per heavy atom. The van der Waals surface area contributed by atoms with Gasteiger partial charge in [0, 0.05) is 38.0 Å². The molecule has 0 spiro atoms. The molecule has 3 aliphatic rings. The number of halogens is 1. The van der Waals surface area contributed by atoms with Crippen LogP contribution >= 0.6 is 0 Å². The van der Waals surface area contributed by atoms with Gasteiger partial charge >= 0.3 is 5.69 Å². The summed E-state index contributed by atoms with van der Waals surface area (Å²) in [6, 6.07) is 5.27. The van der Waals surface area contributed by atoms with Crippen LogP contribution in [0.4, 0.5) is 10.2 Å². The number of nitrogens with zero attached hydrogens (tertiary/aromatic N) is 5. The van der Waals surface area contributed by atoms with Gasteiger partial charge in [-0.05, 0) is 44.2 Å². The predicted molar refractivity (Wildman–Crippen MR) is 124 cm³/mol. The van der Waals surface area contributed by atoms with Gasteiger partial charge in [-0.15, -0.1) is 0 Å². The Bertz CT molecular complexity index is 1480. The van der Waals surface area contributed by atoms with E-state index in [4.69, 9.17) is 4.74 Å². The molecule has 2 unspecified atom stereocenters. The maximum atomic E-state index is 15.6. The summed E-state index contributed by atoms with van der Waals surface area (Å²) in [7, 11) is 1.77. The number of pyridine rings is 2. The van der Waals surface area contributed by atoms with Crippen molar-refractivity contribution in [1.82, 2.24) is 19.1 Å². The van der Waals surface area contributed by atoms with Gasteiger partial charge in [0.2, 0.25) is 0 Å². The minimum atomic E-state index is -0.388. The van der Waals surface area contributed by atoms with Crippen LogP contribution in [0.3, 0.4) is 0 Å². The van der Waals surface area contributed by atoms with Crippen LogP contribution in [0, 0.1) is 5.82 Å². The highest BCUT2D eigenvalue weighted by molar-refractivity contribution is 6.09. The van der Waals surface area contributed by atoms with Crippen molar-refractivity contribution in [1.29, 1.82) is 0 Å². The fraction of sp³-hybridized carbons (Fsp3) is 0.400. The van der Waals surface area contributed by atoms with Crippen LogP contribution in [0.25, 0.3) is 33.1 Å². The molecule has 168 valence electrons. The number of rotatable bonds is 2. The van der Waals surface area contributed by atoms with Crippen LogP contribution in [0.15, 0.2) is 35.4 Å². The van der Waals surface area contributed by atoms with E-state index < -0.39 is 0 Å². The predicted octanol–water partition coefficient (Wildman–Crippen LogP) is 4.18. The number of hydrogen-bond acceptors (Lipinski definition) is 5. The summed E-state index contributed by atoms with van der Waals surface area (Å²) in [6.45, 7) is 2.01. The van der Waals surface area contributed by atoms with Crippen LogP contribution in [0.5, 0.6) is 5.75 Å². The normalized spacial score (nSPS) is 21.7. The first-order valence-corrected chi connectivity index (χ1v) is 11.7. The Morgan fingerprint density at radius 1 is 1.09 bits per heavy atom. The van der Waals surface area contributed by atoms with Gasteiger partial charge in [-0.1, -0.05) is 0 Å². The fourth-order valence-electron chi connectivity index (χ4n) is 5.97. The second kappa shape index (κ2) is 6.79. The lowest BCUT2D eigenvalue weighted by molar-refractivity contribution is 0.167. The smallest absolute Gasteiger partial charge is 0.329 e. The lowest BCUT2D eigenvalue weighted by Crippen LogP contribution is -2.31. The van der Waals surface area contributed by atoms with Gasteiger partial charge in [0.1, 0.15) is 23.5 Å². The number of aromatic nitrogens is 4. The molecule has 0 radical (unpaired) electrons. The van der Waals surface area contributed by atoms with E-state index in [1.807, 2.05) is 16.7 Å². The van der Waals surface area contributed by atoms with Gasteiger partial charge in [0.25, 0.3) is 0 Å². The fourth-order valence-corrected chi connectivity index (χ4v) is 5.97. The molecular formula is C25H24FN5O2. The number of anilines is 1. The molecule has 4 aromatic rings. The zero-order valence-corrected chi connectivity index (χ0v) is 18.4. The third kappa shape index (κ3) is 2.57. The summed E-state index contributed by atoms with van der Waals surface area (Å²) in [6.07, 6.45) is 8.24. The first-order valence-electron chi connectivity index (χ1n) is 11.7. The Hall–Kier alpha value is -3.42. The molecule has 7 rings (SSSR count). The van der Waals surface area contributed by atoms with Gasteiger partial charge in [0.05, 0.1) is 39.7 Å². The lowest BCUT2D eigenvalue weighted by atomic mass is 10.0. The van der Waals surface area contributed by atoms with E-state index in [2.05, 4.69) is 14.9 Å². The van der Waals surface area contributed by atoms with Gasteiger partial charge in [-0.25, -0.2) is 14.2 Å². The average Bonchev–Trinajstić information content (AvgIpc) is 3.54. The number of benzene rings is 1. The van der Waals surface area contributed by atoms with E-state index in [0.29, 0.717) is 27.8 Å². The van der Waals surface area contributed by atoms with Gasteiger partial charge in [0.15, 0.2) is 0 Å². The van der Waals surface area contributed by atoms with E-state index >= 15 is 4.39 Å². The summed E-state index contributed by atoms with van der Waals surface area (Å²) >= 11 is 0. The Balaban J connectivity index is 1.52. The second-order valence-corrected chi connectivity index (χ2v) is 9.41. The van der Waals surface area contributed by atoms with Crippen LogP contribution in [0.1, 0.15) is 38.1 Å². The van der Waals surface area contributed by atoms with E-state index in [1.165, 1.54) is 18.9 Å². The molecule has 2 aliphatic heterocycles. The molecule has 0 amide bonds. The number of fused-ring (bicyclic) bond motifs is 2. The van der Waals surface area contributed by atoms with Crippen molar-refractivity contribution in [3.8, 4) is 16.9 Å². The average molecular weight is 445 g/mol. The van der Waals surface area contributed by atoms with Crippen molar-refractivity contribution in [3.63, 3.8) is 0 Å². The van der Waals surface area contributed by atoms with Crippen molar-refractivity contribution in [2.45, 2.75) is 44.2 Å². The highest BCUT2D eigenvalue weighted by Gasteiger charge is 2.38. The molecule has 1 saturated carbocycles. The third-order valence-corrected chi connectivity index (χ3v) is 7.60.